The summed E-state index contributed by atoms with van der Waals surface area (Å²) in [6.07, 6.45) is -1.58. The molecule has 0 aliphatic heterocycles. The molecule has 0 saturated heterocycles. The number of ether oxygens (including phenoxy) is 6. The Morgan fingerprint density at radius 1 is 0.583 bits per heavy atom. The third kappa shape index (κ3) is 11.9. The van der Waals surface area contributed by atoms with Crippen LogP contribution in [0.3, 0.4) is 0 Å². The fourth-order valence-electron chi connectivity index (χ4n) is 2.65. The molecule has 0 radical (unpaired) electrons. The maximum absolute atomic E-state index is 12.3. The average Bonchev–Trinajstić information content (AvgIpc) is 2.82. The number of aromatic nitrogens is 3. The van der Waals surface area contributed by atoms with E-state index in [9.17, 15) is 14.4 Å². The van der Waals surface area contributed by atoms with Crippen molar-refractivity contribution in [3.8, 4) is 0 Å². The standard InChI is InChI=1S/C21H36N6O9/c1-7-10-13(31-4)34-19(28)25-16-22-17(26-20(29)35-14(32-5)11-8-2)24-18(23-16)27-21(30)36-15(33-6)12-9-3/h13-15H,7-12H2,1-6H3,(H3,22,23,24,25,26,27,28,29,30). The van der Waals surface area contributed by atoms with Crippen molar-refractivity contribution >= 4 is 36.1 Å². The lowest BCUT2D eigenvalue weighted by molar-refractivity contribution is -0.0817. The van der Waals surface area contributed by atoms with E-state index in [1.54, 1.807) is 0 Å². The van der Waals surface area contributed by atoms with Gasteiger partial charge in [-0.15, -0.1) is 0 Å². The Balaban J connectivity index is 3.05. The Morgan fingerprint density at radius 2 is 0.833 bits per heavy atom. The smallest absolute Gasteiger partial charge is 0.416 e. The van der Waals surface area contributed by atoms with Crippen molar-refractivity contribution in [2.75, 3.05) is 37.3 Å². The normalized spacial score (nSPS) is 13.2. The number of methoxy groups -OCH3 is 3. The summed E-state index contributed by atoms with van der Waals surface area (Å²) < 4.78 is 30.7. The molecule has 15 heteroatoms. The maximum Gasteiger partial charge on any atom is 0.416 e. The van der Waals surface area contributed by atoms with E-state index in [0.29, 0.717) is 38.5 Å². The zero-order valence-corrected chi connectivity index (χ0v) is 21.5. The first-order chi connectivity index (χ1) is 17.3. The van der Waals surface area contributed by atoms with Crippen LogP contribution >= 0.6 is 0 Å². The third-order valence-corrected chi connectivity index (χ3v) is 4.35. The van der Waals surface area contributed by atoms with Gasteiger partial charge in [0.25, 0.3) is 0 Å². The van der Waals surface area contributed by atoms with Crippen molar-refractivity contribution < 1.29 is 42.8 Å². The van der Waals surface area contributed by atoms with Gasteiger partial charge in [-0.3, -0.25) is 16.0 Å². The Kier molecular flexibility index (Phi) is 14.7. The number of carbonyl (C=O) groups is 3. The lowest BCUT2D eigenvalue weighted by Gasteiger charge is -2.17. The first-order valence-corrected chi connectivity index (χ1v) is 11.6. The van der Waals surface area contributed by atoms with Crippen LogP contribution in [-0.2, 0) is 28.4 Å². The summed E-state index contributed by atoms with van der Waals surface area (Å²) in [5.41, 5.74) is 0. The fourth-order valence-corrected chi connectivity index (χ4v) is 2.65. The van der Waals surface area contributed by atoms with Gasteiger partial charge >= 0.3 is 18.3 Å². The van der Waals surface area contributed by atoms with Crippen LogP contribution in [0.25, 0.3) is 0 Å². The van der Waals surface area contributed by atoms with E-state index in [0.717, 1.165) is 0 Å². The quantitative estimate of drug-likeness (QED) is 0.227. The second-order valence-electron chi connectivity index (χ2n) is 7.26. The van der Waals surface area contributed by atoms with Gasteiger partial charge in [0.15, 0.2) is 0 Å². The summed E-state index contributed by atoms with van der Waals surface area (Å²) in [7, 11) is 4.19. The van der Waals surface area contributed by atoms with Crippen molar-refractivity contribution in [2.45, 2.75) is 78.2 Å². The molecule has 36 heavy (non-hydrogen) atoms. The molecule has 1 aromatic rings. The minimum atomic E-state index is -0.923. The lowest BCUT2D eigenvalue weighted by atomic mass is 10.3. The molecule has 0 saturated carbocycles. The summed E-state index contributed by atoms with van der Waals surface area (Å²) in [5.74, 6) is -0.998. The molecular formula is C21H36N6O9. The predicted molar refractivity (Wildman–Crippen MR) is 127 cm³/mol. The molecule has 0 aliphatic carbocycles. The number of carbonyl (C=O) groups excluding carboxylic acids is 3. The molecule has 0 aliphatic rings. The first-order valence-electron chi connectivity index (χ1n) is 11.6. The van der Waals surface area contributed by atoms with E-state index in [2.05, 4.69) is 30.9 Å². The van der Waals surface area contributed by atoms with Crippen LogP contribution in [0.5, 0.6) is 0 Å². The topological polar surface area (TPSA) is 181 Å². The van der Waals surface area contributed by atoms with Crippen molar-refractivity contribution in [1.82, 2.24) is 15.0 Å². The van der Waals surface area contributed by atoms with E-state index in [-0.39, 0.29) is 17.8 Å². The average molecular weight is 517 g/mol. The molecule has 0 fully saturated rings. The van der Waals surface area contributed by atoms with Crippen LogP contribution in [0.15, 0.2) is 0 Å². The molecule has 3 N–H and O–H groups in total. The van der Waals surface area contributed by atoms with Crippen LogP contribution in [0.4, 0.5) is 32.2 Å². The summed E-state index contributed by atoms with van der Waals surface area (Å²) in [6, 6.07) is 0. The Bertz CT molecular complexity index is 712. The van der Waals surface area contributed by atoms with Gasteiger partial charge in [0.1, 0.15) is 0 Å². The highest BCUT2D eigenvalue weighted by molar-refractivity contribution is 5.86. The second-order valence-corrected chi connectivity index (χ2v) is 7.26. The van der Waals surface area contributed by atoms with E-state index in [4.69, 9.17) is 28.4 Å². The summed E-state index contributed by atoms with van der Waals surface area (Å²) in [4.78, 5) is 48.6. The van der Waals surface area contributed by atoms with Gasteiger partial charge in [0.2, 0.25) is 36.7 Å². The second kappa shape index (κ2) is 17.2. The molecule has 204 valence electrons. The van der Waals surface area contributed by atoms with Gasteiger partial charge in [-0.25, -0.2) is 14.4 Å². The molecule has 1 rings (SSSR count). The molecule has 3 atom stereocenters. The number of hydrogen-bond acceptors (Lipinski definition) is 12. The molecule has 0 aromatic carbocycles. The molecule has 1 aromatic heterocycles. The summed E-state index contributed by atoms with van der Waals surface area (Å²) >= 11 is 0. The van der Waals surface area contributed by atoms with E-state index >= 15 is 0 Å². The number of amides is 3. The van der Waals surface area contributed by atoms with Gasteiger partial charge in [-0.2, -0.15) is 15.0 Å². The van der Waals surface area contributed by atoms with Gasteiger partial charge in [-0.1, -0.05) is 40.0 Å². The number of hydrogen-bond donors (Lipinski definition) is 3. The van der Waals surface area contributed by atoms with Crippen LogP contribution in [-0.4, -0.2) is 73.4 Å². The number of nitrogens with one attached hydrogen (secondary N) is 3. The van der Waals surface area contributed by atoms with Crippen LogP contribution < -0.4 is 16.0 Å². The molecule has 15 nitrogen and oxygen atoms in total. The maximum atomic E-state index is 12.3. The monoisotopic (exact) mass is 516 g/mol. The van der Waals surface area contributed by atoms with Crippen molar-refractivity contribution in [3.05, 3.63) is 0 Å². The van der Waals surface area contributed by atoms with Crippen molar-refractivity contribution in [2.24, 2.45) is 0 Å². The van der Waals surface area contributed by atoms with Gasteiger partial charge < -0.3 is 28.4 Å². The largest absolute Gasteiger partial charge is 0.419 e. The minimum Gasteiger partial charge on any atom is -0.419 e. The molecule has 0 spiro atoms. The molecule has 3 unspecified atom stereocenters. The Hall–Kier alpha value is -3.30. The minimum absolute atomic E-state index is 0.333. The van der Waals surface area contributed by atoms with Crippen LogP contribution in [0.1, 0.15) is 59.3 Å². The highest BCUT2D eigenvalue weighted by atomic mass is 16.7. The molecular weight excluding hydrogens is 480 g/mol. The fraction of sp³-hybridized carbons (Fsp3) is 0.714. The van der Waals surface area contributed by atoms with Gasteiger partial charge in [0.05, 0.1) is 0 Å². The van der Waals surface area contributed by atoms with Gasteiger partial charge in [0, 0.05) is 40.6 Å². The van der Waals surface area contributed by atoms with Crippen molar-refractivity contribution in [3.63, 3.8) is 0 Å². The lowest BCUT2D eigenvalue weighted by Crippen LogP contribution is -2.28. The number of anilines is 3. The van der Waals surface area contributed by atoms with E-state index in [1.807, 2.05) is 20.8 Å². The van der Waals surface area contributed by atoms with Crippen LogP contribution in [0.2, 0.25) is 0 Å². The molecule has 1 heterocycles. The summed E-state index contributed by atoms with van der Waals surface area (Å²) in [6.45, 7) is 5.70. The Morgan fingerprint density at radius 3 is 1.03 bits per heavy atom. The predicted octanol–water partition coefficient (Wildman–Crippen LogP) is 3.83. The zero-order chi connectivity index (χ0) is 26.9. The number of nitrogens with zero attached hydrogens (tertiary/aromatic N) is 3. The van der Waals surface area contributed by atoms with Gasteiger partial charge in [-0.05, 0) is 0 Å². The molecule has 3 amide bonds. The van der Waals surface area contributed by atoms with Crippen molar-refractivity contribution in [1.29, 1.82) is 0 Å². The SMILES string of the molecule is CCCC(OC)OC(=O)Nc1nc(NC(=O)OC(CCC)OC)nc(NC(=O)OC(CCC)OC)n1. The Labute approximate surface area is 209 Å². The third-order valence-electron chi connectivity index (χ3n) is 4.35. The zero-order valence-electron chi connectivity index (χ0n) is 21.5. The molecule has 0 bridgehead atoms. The van der Waals surface area contributed by atoms with E-state index < -0.39 is 37.1 Å². The van der Waals surface area contributed by atoms with Crippen LogP contribution in [0, 0.1) is 0 Å². The highest BCUT2D eigenvalue weighted by Gasteiger charge is 2.20. The van der Waals surface area contributed by atoms with E-state index in [1.165, 1.54) is 21.3 Å². The summed E-state index contributed by atoms with van der Waals surface area (Å²) in [5, 5.41) is 6.90. The number of rotatable bonds is 15. The first kappa shape index (κ1) is 30.7. The highest BCUT2D eigenvalue weighted by Crippen LogP contribution is 2.14.